The Morgan fingerprint density at radius 2 is 1.72 bits per heavy atom. The zero-order valence-electron chi connectivity index (χ0n) is 13.1. The van der Waals surface area contributed by atoms with Gasteiger partial charge in [0.2, 0.25) is 11.9 Å². The largest absolute Gasteiger partial charge is 0.416 e. The maximum atomic E-state index is 12.9. The van der Waals surface area contributed by atoms with Gasteiger partial charge in [0.15, 0.2) is 0 Å². The van der Waals surface area contributed by atoms with Crippen molar-refractivity contribution in [2.24, 2.45) is 21.5 Å². The van der Waals surface area contributed by atoms with Crippen molar-refractivity contribution in [3.05, 3.63) is 58.6 Å². The first-order valence-corrected chi connectivity index (χ1v) is 7.42. The molecule has 0 saturated carbocycles. The molecule has 0 radical (unpaired) electrons. The summed E-state index contributed by atoms with van der Waals surface area (Å²) in [7, 11) is 0. The van der Waals surface area contributed by atoms with E-state index in [2.05, 4.69) is 15.3 Å². The predicted octanol–water partition coefficient (Wildman–Crippen LogP) is 4.04. The minimum absolute atomic E-state index is 0.0441. The number of hydrogen-bond donors (Lipinski definition) is 3. The van der Waals surface area contributed by atoms with E-state index < -0.39 is 11.7 Å². The van der Waals surface area contributed by atoms with Crippen molar-refractivity contribution >= 4 is 34.9 Å². The number of guanidine groups is 2. The van der Waals surface area contributed by atoms with Gasteiger partial charge in [-0.05, 0) is 48.9 Å². The first-order valence-electron chi connectivity index (χ1n) is 7.04. The van der Waals surface area contributed by atoms with Crippen molar-refractivity contribution in [1.82, 2.24) is 0 Å². The number of rotatable bonds is 2. The van der Waals surface area contributed by atoms with Gasteiger partial charge in [-0.25, -0.2) is 4.99 Å². The number of nitrogens with zero attached hydrogens (tertiary/aromatic N) is 2. The van der Waals surface area contributed by atoms with Crippen molar-refractivity contribution in [3.63, 3.8) is 0 Å². The number of hydrogen-bond acceptors (Lipinski definition) is 1. The zero-order chi connectivity index (χ0) is 18.6. The summed E-state index contributed by atoms with van der Waals surface area (Å²) in [6, 6.07) is 10.3. The van der Waals surface area contributed by atoms with E-state index in [-0.39, 0.29) is 23.2 Å². The lowest BCUT2D eigenvalue weighted by atomic mass is 10.1. The smallest absolute Gasteiger partial charge is 0.369 e. The Hall–Kier alpha value is -2.74. The Morgan fingerprint density at radius 1 is 1.08 bits per heavy atom. The number of benzene rings is 2. The molecule has 2 aromatic rings. The lowest BCUT2D eigenvalue weighted by Gasteiger charge is -2.11. The Morgan fingerprint density at radius 3 is 2.32 bits per heavy atom. The molecule has 2 aromatic carbocycles. The average molecular weight is 370 g/mol. The van der Waals surface area contributed by atoms with Crippen LogP contribution in [0.1, 0.15) is 11.1 Å². The third-order valence-electron chi connectivity index (χ3n) is 3.20. The van der Waals surface area contributed by atoms with Crippen LogP contribution in [-0.4, -0.2) is 11.9 Å². The maximum Gasteiger partial charge on any atom is 0.416 e. The standard InChI is InChI=1S/C16H15ClF3N5/c1-9-12(16(18,19)20)3-2-4-13(9)24-15(22)25-14(21)23-11-7-5-10(17)6-8-11/h2-8H,1H3,(H5,21,22,23,24,25). The van der Waals surface area contributed by atoms with E-state index in [1.54, 1.807) is 24.3 Å². The van der Waals surface area contributed by atoms with Gasteiger partial charge in [-0.15, -0.1) is 0 Å². The van der Waals surface area contributed by atoms with Gasteiger partial charge in [0.05, 0.1) is 11.3 Å². The van der Waals surface area contributed by atoms with E-state index in [1.807, 2.05) is 0 Å². The highest BCUT2D eigenvalue weighted by atomic mass is 35.5. The Balaban J connectivity index is 2.22. The summed E-state index contributed by atoms with van der Waals surface area (Å²) in [6.45, 7) is 1.31. The summed E-state index contributed by atoms with van der Waals surface area (Å²) in [5, 5.41) is 3.32. The molecule has 0 heterocycles. The number of halogens is 4. The van der Waals surface area contributed by atoms with Crippen LogP contribution in [0.25, 0.3) is 0 Å². The highest BCUT2D eigenvalue weighted by Crippen LogP contribution is 2.35. The van der Waals surface area contributed by atoms with Gasteiger partial charge >= 0.3 is 6.18 Å². The summed E-state index contributed by atoms with van der Waals surface area (Å²) in [4.78, 5) is 7.71. The summed E-state index contributed by atoms with van der Waals surface area (Å²) < 4.78 is 38.7. The molecule has 0 spiro atoms. The highest BCUT2D eigenvalue weighted by molar-refractivity contribution is 6.30. The minimum atomic E-state index is -4.47. The van der Waals surface area contributed by atoms with E-state index in [0.717, 1.165) is 6.07 Å². The third-order valence-corrected chi connectivity index (χ3v) is 3.45. The second-order valence-corrected chi connectivity index (χ2v) is 5.48. The van der Waals surface area contributed by atoms with Crippen molar-refractivity contribution < 1.29 is 13.2 Å². The molecule has 0 bridgehead atoms. The van der Waals surface area contributed by atoms with Crippen LogP contribution in [0.3, 0.4) is 0 Å². The van der Waals surface area contributed by atoms with Crippen LogP contribution in [0.15, 0.2) is 52.4 Å². The second kappa shape index (κ2) is 7.43. The molecular weight excluding hydrogens is 355 g/mol. The van der Waals surface area contributed by atoms with E-state index >= 15 is 0 Å². The summed E-state index contributed by atoms with van der Waals surface area (Å²) in [5.41, 5.74) is 11.2. The Labute approximate surface area is 147 Å². The van der Waals surface area contributed by atoms with Crippen LogP contribution in [0.4, 0.5) is 24.5 Å². The van der Waals surface area contributed by atoms with Crippen molar-refractivity contribution in [1.29, 1.82) is 0 Å². The van der Waals surface area contributed by atoms with Gasteiger partial charge < -0.3 is 16.8 Å². The zero-order valence-corrected chi connectivity index (χ0v) is 13.9. The first kappa shape index (κ1) is 18.6. The topological polar surface area (TPSA) is 88.8 Å². The number of nitrogens with one attached hydrogen (secondary N) is 1. The highest BCUT2D eigenvalue weighted by Gasteiger charge is 2.32. The number of aliphatic imine (C=N–C) groups is 2. The number of nitrogens with two attached hydrogens (primary N) is 2. The minimum Gasteiger partial charge on any atom is -0.369 e. The SMILES string of the molecule is Cc1c(N=C(N)N=C(N)Nc2ccc(Cl)cc2)cccc1C(F)(F)F. The molecule has 0 saturated heterocycles. The van der Waals surface area contributed by atoms with Gasteiger partial charge in [-0.2, -0.15) is 18.2 Å². The Bertz CT molecular complexity index is 814. The maximum absolute atomic E-state index is 12.9. The molecule has 5 N–H and O–H groups in total. The van der Waals surface area contributed by atoms with Crippen molar-refractivity contribution in [3.8, 4) is 0 Å². The molecule has 132 valence electrons. The van der Waals surface area contributed by atoms with Crippen LogP contribution in [0, 0.1) is 6.92 Å². The molecule has 0 atom stereocenters. The first-order chi connectivity index (χ1) is 11.7. The van der Waals surface area contributed by atoms with Crippen LogP contribution < -0.4 is 16.8 Å². The van der Waals surface area contributed by atoms with Crippen LogP contribution >= 0.6 is 11.6 Å². The number of alkyl halides is 3. The molecule has 25 heavy (non-hydrogen) atoms. The third kappa shape index (κ3) is 5.12. The van der Waals surface area contributed by atoms with Gasteiger partial charge in [0, 0.05) is 10.7 Å². The molecular formula is C16H15ClF3N5. The van der Waals surface area contributed by atoms with E-state index in [1.165, 1.54) is 19.1 Å². The molecule has 0 aromatic heterocycles. The van der Waals surface area contributed by atoms with Gasteiger partial charge in [-0.3, -0.25) is 0 Å². The van der Waals surface area contributed by atoms with Gasteiger partial charge in [-0.1, -0.05) is 17.7 Å². The second-order valence-electron chi connectivity index (χ2n) is 5.05. The van der Waals surface area contributed by atoms with Crippen LogP contribution in [0.2, 0.25) is 5.02 Å². The van der Waals surface area contributed by atoms with Crippen LogP contribution in [-0.2, 0) is 6.18 Å². The van der Waals surface area contributed by atoms with E-state index in [4.69, 9.17) is 23.1 Å². The molecule has 2 rings (SSSR count). The van der Waals surface area contributed by atoms with Crippen molar-refractivity contribution in [2.45, 2.75) is 13.1 Å². The lowest BCUT2D eigenvalue weighted by molar-refractivity contribution is -0.138. The molecule has 0 aliphatic carbocycles. The monoisotopic (exact) mass is 369 g/mol. The summed E-state index contributed by atoms with van der Waals surface area (Å²) >= 11 is 5.77. The van der Waals surface area contributed by atoms with Gasteiger partial charge in [0.25, 0.3) is 0 Å². The summed E-state index contributed by atoms with van der Waals surface area (Å²) in [6.07, 6.45) is -4.47. The summed E-state index contributed by atoms with van der Waals surface area (Å²) in [5.74, 6) is -0.338. The molecule has 0 aliphatic rings. The molecule has 9 heteroatoms. The fraction of sp³-hybridized carbons (Fsp3) is 0.125. The molecule has 0 amide bonds. The van der Waals surface area contributed by atoms with E-state index in [0.29, 0.717) is 10.7 Å². The average Bonchev–Trinajstić information content (AvgIpc) is 2.50. The van der Waals surface area contributed by atoms with Gasteiger partial charge in [0.1, 0.15) is 0 Å². The molecule has 5 nitrogen and oxygen atoms in total. The van der Waals surface area contributed by atoms with E-state index in [9.17, 15) is 13.2 Å². The van der Waals surface area contributed by atoms with Crippen molar-refractivity contribution in [2.75, 3.05) is 5.32 Å². The predicted molar refractivity (Wildman–Crippen MR) is 94.2 cm³/mol. The lowest BCUT2D eigenvalue weighted by Crippen LogP contribution is -2.26. The quantitative estimate of drug-likeness (QED) is 0.551. The molecule has 0 fully saturated rings. The normalized spacial score (nSPS) is 13.0. The van der Waals surface area contributed by atoms with Crippen LogP contribution in [0.5, 0.6) is 0 Å². The molecule has 0 aliphatic heterocycles. The number of anilines is 1. The fourth-order valence-corrected chi connectivity index (χ4v) is 2.16. The molecule has 0 unspecified atom stereocenters. The fourth-order valence-electron chi connectivity index (χ4n) is 2.03. The Kier molecular flexibility index (Phi) is 5.53.